The van der Waals surface area contributed by atoms with Crippen molar-refractivity contribution in [2.45, 2.75) is 26.8 Å². The number of benzene rings is 2. The van der Waals surface area contributed by atoms with Crippen LogP contribution in [0.3, 0.4) is 0 Å². The van der Waals surface area contributed by atoms with Gasteiger partial charge in [0.2, 0.25) is 0 Å². The lowest BCUT2D eigenvalue weighted by Crippen LogP contribution is -2.22. The zero-order valence-electron chi connectivity index (χ0n) is 12.8. The molecule has 1 atom stereocenters. The average Bonchev–Trinajstić information content (AvgIpc) is 2.48. The van der Waals surface area contributed by atoms with Gasteiger partial charge in [-0.3, -0.25) is 0 Å². The van der Waals surface area contributed by atoms with E-state index in [2.05, 4.69) is 71.5 Å². The summed E-state index contributed by atoms with van der Waals surface area (Å²) in [6.07, 6.45) is 0. The standard InChI is InChI=1S/C18H22BrNO/c1-4-20-18(14-8-6-13(3)7-9-14)15-10-11-17(21-5-2)16(19)12-15/h6-12,18,20H,4-5H2,1-3H3. The Morgan fingerprint density at radius 3 is 2.29 bits per heavy atom. The first kappa shape index (κ1) is 16.1. The van der Waals surface area contributed by atoms with Crippen molar-refractivity contribution in [2.75, 3.05) is 13.2 Å². The predicted octanol–water partition coefficient (Wildman–Crippen LogP) is 4.86. The lowest BCUT2D eigenvalue weighted by molar-refractivity contribution is 0.338. The molecular weight excluding hydrogens is 326 g/mol. The van der Waals surface area contributed by atoms with E-state index in [1.165, 1.54) is 16.7 Å². The Morgan fingerprint density at radius 2 is 1.71 bits per heavy atom. The Bertz CT molecular complexity index is 580. The number of rotatable bonds is 6. The van der Waals surface area contributed by atoms with Crippen LogP contribution < -0.4 is 10.1 Å². The number of hydrogen-bond acceptors (Lipinski definition) is 2. The molecule has 0 aliphatic rings. The molecule has 3 heteroatoms. The highest BCUT2D eigenvalue weighted by molar-refractivity contribution is 9.10. The van der Waals surface area contributed by atoms with Crippen LogP contribution in [0.1, 0.15) is 36.6 Å². The maximum Gasteiger partial charge on any atom is 0.133 e. The second kappa shape index (κ2) is 7.62. The molecule has 1 unspecified atom stereocenters. The van der Waals surface area contributed by atoms with Gasteiger partial charge in [0.05, 0.1) is 17.1 Å². The molecule has 112 valence electrons. The molecule has 0 aliphatic heterocycles. The smallest absolute Gasteiger partial charge is 0.133 e. The second-order valence-corrected chi connectivity index (χ2v) is 5.88. The predicted molar refractivity (Wildman–Crippen MR) is 92.0 cm³/mol. The van der Waals surface area contributed by atoms with Crippen LogP contribution >= 0.6 is 15.9 Å². The highest BCUT2D eigenvalue weighted by atomic mass is 79.9. The molecule has 0 bridgehead atoms. The van der Waals surface area contributed by atoms with Crippen LogP contribution in [0.25, 0.3) is 0 Å². The largest absolute Gasteiger partial charge is 0.493 e. The summed E-state index contributed by atoms with van der Waals surface area (Å²) in [5.41, 5.74) is 3.79. The van der Waals surface area contributed by atoms with E-state index in [1.54, 1.807) is 0 Å². The molecule has 1 N–H and O–H groups in total. The van der Waals surface area contributed by atoms with E-state index >= 15 is 0 Å². The van der Waals surface area contributed by atoms with Gasteiger partial charge in [-0.25, -0.2) is 0 Å². The summed E-state index contributed by atoms with van der Waals surface area (Å²) in [4.78, 5) is 0. The zero-order valence-corrected chi connectivity index (χ0v) is 14.4. The van der Waals surface area contributed by atoms with E-state index in [0.29, 0.717) is 6.61 Å². The van der Waals surface area contributed by atoms with Crippen LogP contribution in [0.15, 0.2) is 46.9 Å². The normalized spacial score (nSPS) is 12.2. The Kier molecular flexibility index (Phi) is 5.83. The summed E-state index contributed by atoms with van der Waals surface area (Å²) < 4.78 is 6.58. The highest BCUT2D eigenvalue weighted by Crippen LogP contribution is 2.31. The van der Waals surface area contributed by atoms with Crippen LogP contribution in [-0.4, -0.2) is 13.2 Å². The summed E-state index contributed by atoms with van der Waals surface area (Å²) >= 11 is 3.60. The third-order valence-electron chi connectivity index (χ3n) is 3.41. The topological polar surface area (TPSA) is 21.3 Å². The Balaban J connectivity index is 2.33. The minimum Gasteiger partial charge on any atom is -0.493 e. The number of halogens is 1. The zero-order chi connectivity index (χ0) is 15.2. The molecule has 0 saturated carbocycles. The van der Waals surface area contributed by atoms with Crippen molar-refractivity contribution in [1.82, 2.24) is 5.32 Å². The molecule has 0 spiro atoms. The molecule has 21 heavy (non-hydrogen) atoms. The van der Waals surface area contributed by atoms with Crippen LogP contribution in [0.4, 0.5) is 0 Å². The first-order valence-corrected chi connectivity index (χ1v) is 8.17. The Hall–Kier alpha value is -1.32. The molecule has 2 rings (SSSR count). The summed E-state index contributed by atoms with van der Waals surface area (Å²) in [6.45, 7) is 7.83. The van der Waals surface area contributed by atoms with E-state index in [0.717, 1.165) is 16.8 Å². The highest BCUT2D eigenvalue weighted by Gasteiger charge is 2.14. The van der Waals surface area contributed by atoms with Gasteiger partial charge in [0.15, 0.2) is 0 Å². The van der Waals surface area contributed by atoms with Crippen molar-refractivity contribution in [2.24, 2.45) is 0 Å². The van der Waals surface area contributed by atoms with Crippen molar-refractivity contribution in [1.29, 1.82) is 0 Å². The minimum atomic E-state index is 0.197. The number of nitrogens with one attached hydrogen (secondary N) is 1. The van der Waals surface area contributed by atoms with Gasteiger partial charge in [0.25, 0.3) is 0 Å². The van der Waals surface area contributed by atoms with E-state index < -0.39 is 0 Å². The van der Waals surface area contributed by atoms with E-state index in [1.807, 2.05) is 13.0 Å². The third-order valence-corrected chi connectivity index (χ3v) is 4.03. The molecule has 0 amide bonds. The monoisotopic (exact) mass is 347 g/mol. The molecule has 2 nitrogen and oxygen atoms in total. The third kappa shape index (κ3) is 4.08. The molecular formula is C18H22BrNO. The molecule has 2 aromatic rings. The molecule has 0 aromatic heterocycles. The summed E-state index contributed by atoms with van der Waals surface area (Å²) in [5.74, 6) is 0.889. The van der Waals surface area contributed by atoms with Crippen LogP contribution in [-0.2, 0) is 0 Å². The van der Waals surface area contributed by atoms with Crippen molar-refractivity contribution >= 4 is 15.9 Å². The van der Waals surface area contributed by atoms with Crippen LogP contribution in [0.5, 0.6) is 5.75 Å². The van der Waals surface area contributed by atoms with Gasteiger partial charge in [0.1, 0.15) is 5.75 Å². The number of hydrogen-bond donors (Lipinski definition) is 1. The van der Waals surface area contributed by atoms with Crippen molar-refractivity contribution in [3.05, 3.63) is 63.6 Å². The van der Waals surface area contributed by atoms with Crippen LogP contribution in [0.2, 0.25) is 0 Å². The van der Waals surface area contributed by atoms with Gasteiger partial charge in [-0.05, 0) is 59.6 Å². The van der Waals surface area contributed by atoms with Gasteiger partial charge >= 0.3 is 0 Å². The van der Waals surface area contributed by atoms with Gasteiger partial charge in [-0.15, -0.1) is 0 Å². The molecule has 0 fully saturated rings. The van der Waals surface area contributed by atoms with Crippen molar-refractivity contribution in [3.63, 3.8) is 0 Å². The Morgan fingerprint density at radius 1 is 1.05 bits per heavy atom. The summed E-state index contributed by atoms with van der Waals surface area (Å²) in [7, 11) is 0. The minimum absolute atomic E-state index is 0.197. The quantitative estimate of drug-likeness (QED) is 0.805. The second-order valence-electron chi connectivity index (χ2n) is 5.02. The Labute approximate surface area is 135 Å². The number of aryl methyl sites for hydroxylation is 1. The fourth-order valence-electron chi connectivity index (χ4n) is 2.36. The van der Waals surface area contributed by atoms with E-state index in [-0.39, 0.29) is 6.04 Å². The molecule has 2 aromatic carbocycles. The van der Waals surface area contributed by atoms with E-state index in [4.69, 9.17) is 4.74 Å². The van der Waals surface area contributed by atoms with Gasteiger partial charge in [0, 0.05) is 0 Å². The maximum absolute atomic E-state index is 5.59. The fraction of sp³-hybridized carbons (Fsp3) is 0.333. The molecule has 0 radical (unpaired) electrons. The van der Waals surface area contributed by atoms with Crippen molar-refractivity contribution < 1.29 is 4.74 Å². The molecule has 0 saturated heterocycles. The lowest BCUT2D eigenvalue weighted by atomic mass is 9.97. The first-order valence-electron chi connectivity index (χ1n) is 7.37. The first-order chi connectivity index (χ1) is 10.2. The SMILES string of the molecule is CCNC(c1ccc(C)cc1)c1ccc(OCC)c(Br)c1. The fourth-order valence-corrected chi connectivity index (χ4v) is 2.87. The van der Waals surface area contributed by atoms with Crippen LogP contribution in [0, 0.1) is 6.92 Å². The van der Waals surface area contributed by atoms with Gasteiger partial charge < -0.3 is 10.1 Å². The average molecular weight is 348 g/mol. The summed E-state index contributed by atoms with van der Waals surface area (Å²) in [6, 6.07) is 15.2. The number of ether oxygens (including phenoxy) is 1. The summed E-state index contributed by atoms with van der Waals surface area (Å²) in [5, 5.41) is 3.55. The molecule has 0 aliphatic carbocycles. The maximum atomic E-state index is 5.59. The van der Waals surface area contributed by atoms with Crippen molar-refractivity contribution in [3.8, 4) is 5.75 Å². The van der Waals surface area contributed by atoms with Gasteiger partial charge in [-0.2, -0.15) is 0 Å². The van der Waals surface area contributed by atoms with Gasteiger partial charge in [-0.1, -0.05) is 42.8 Å². The molecule has 0 heterocycles. The van der Waals surface area contributed by atoms with E-state index in [9.17, 15) is 0 Å². The lowest BCUT2D eigenvalue weighted by Gasteiger charge is -2.20.